The highest BCUT2D eigenvalue weighted by atomic mass is 32.1. The highest BCUT2D eigenvalue weighted by Crippen LogP contribution is 2.22. The summed E-state index contributed by atoms with van der Waals surface area (Å²) in [5.74, 6) is 5.08. The first kappa shape index (κ1) is 15.5. The van der Waals surface area contributed by atoms with E-state index < -0.39 is 0 Å². The van der Waals surface area contributed by atoms with Crippen molar-refractivity contribution >= 4 is 23.2 Å². The molecule has 1 aliphatic rings. The van der Waals surface area contributed by atoms with Crippen LogP contribution in [0.4, 0.5) is 0 Å². The molecule has 0 aromatic carbocycles. The van der Waals surface area contributed by atoms with Crippen molar-refractivity contribution in [2.75, 3.05) is 20.2 Å². The van der Waals surface area contributed by atoms with Crippen molar-refractivity contribution in [2.45, 2.75) is 25.8 Å². The Morgan fingerprint density at radius 3 is 2.86 bits per heavy atom. The smallest absolute Gasteiger partial charge is 0.264 e. The molecule has 1 aromatic heterocycles. The molecule has 0 spiro atoms. The second kappa shape index (κ2) is 6.74. The van der Waals surface area contributed by atoms with Crippen molar-refractivity contribution in [3.8, 4) is 11.8 Å². The lowest BCUT2D eigenvalue weighted by atomic mass is 10.2. The van der Waals surface area contributed by atoms with Crippen LogP contribution in [0.5, 0.6) is 0 Å². The van der Waals surface area contributed by atoms with Crippen LogP contribution < -0.4 is 5.32 Å². The quantitative estimate of drug-likeness (QED) is 0.807. The number of amides is 2. The summed E-state index contributed by atoms with van der Waals surface area (Å²) in [7, 11) is 1.61. The molecule has 0 unspecified atom stereocenters. The van der Waals surface area contributed by atoms with Gasteiger partial charge in [-0.2, -0.15) is 0 Å². The molecule has 1 heterocycles. The molecular weight excluding hydrogens is 288 g/mol. The average Bonchev–Trinajstić information content (AvgIpc) is 3.17. The second-order valence-electron chi connectivity index (χ2n) is 5.09. The predicted octanol–water partition coefficient (Wildman–Crippen LogP) is 0.751. The summed E-state index contributed by atoms with van der Waals surface area (Å²) >= 11 is 1.28. The van der Waals surface area contributed by atoms with Gasteiger partial charge < -0.3 is 15.3 Å². The van der Waals surface area contributed by atoms with Crippen LogP contribution in [0.15, 0.2) is 6.07 Å². The number of hydrogen-bond acceptors (Lipinski definition) is 4. The second-order valence-corrected chi connectivity index (χ2v) is 6.14. The van der Waals surface area contributed by atoms with E-state index in [4.69, 9.17) is 5.11 Å². The molecule has 1 saturated carbocycles. The number of carbonyl (C=O) groups is 2. The molecule has 5 nitrogen and oxygen atoms in total. The Bertz CT molecular complexity index is 608. The monoisotopic (exact) mass is 306 g/mol. The van der Waals surface area contributed by atoms with Gasteiger partial charge in [-0.1, -0.05) is 11.8 Å². The van der Waals surface area contributed by atoms with E-state index in [0.717, 1.165) is 23.3 Å². The van der Waals surface area contributed by atoms with Crippen LogP contribution in [0, 0.1) is 18.8 Å². The SMILES string of the molecule is Cc1cc(C(=O)N(C)CC(=O)NC2CC2)sc1C#CCO. The highest BCUT2D eigenvalue weighted by Gasteiger charge is 2.25. The molecule has 1 fully saturated rings. The van der Waals surface area contributed by atoms with Crippen LogP contribution in [0.25, 0.3) is 0 Å². The summed E-state index contributed by atoms with van der Waals surface area (Å²) in [6.45, 7) is 1.72. The van der Waals surface area contributed by atoms with E-state index in [0.29, 0.717) is 10.9 Å². The molecule has 2 N–H and O–H groups in total. The Morgan fingerprint density at radius 1 is 1.52 bits per heavy atom. The zero-order chi connectivity index (χ0) is 15.4. The zero-order valence-electron chi connectivity index (χ0n) is 12.1. The summed E-state index contributed by atoms with van der Waals surface area (Å²) in [6, 6.07) is 2.06. The number of aliphatic hydroxyl groups is 1. The van der Waals surface area contributed by atoms with Gasteiger partial charge in [0, 0.05) is 13.1 Å². The van der Waals surface area contributed by atoms with Crippen LogP contribution >= 0.6 is 11.3 Å². The van der Waals surface area contributed by atoms with Gasteiger partial charge in [-0.25, -0.2) is 0 Å². The third-order valence-corrected chi connectivity index (χ3v) is 4.22. The van der Waals surface area contributed by atoms with Crippen LogP contribution in [-0.2, 0) is 4.79 Å². The number of thiophene rings is 1. The fourth-order valence-corrected chi connectivity index (χ4v) is 2.85. The van der Waals surface area contributed by atoms with E-state index in [9.17, 15) is 9.59 Å². The van der Waals surface area contributed by atoms with Gasteiger partial charge in [0.05, 0.1) is 16.3 Å². The van der Waals surface area contributed by atoms with Gasteiger partial charge in [0.15, 0.2) is 0 Å². The number of carbonyl (C=O) groups excluding carboxylic acids is 2. The maximum atomic E-state index is 12.3. The minimum atomic E-state index is -0.206. The fraction of sp³-hybridized carbons (Fsp3) is 0.467. The first-order valence-electron chi connectivity index (χ1n) is 6.76. The lowest BCUT2D eigenvalue weighted by molar-refractivity contribution is -0.121. The number of nitrogens with zero attached hydrogens (tertiary/aromatic N) is 1. The first-order chi connectivity index (χ1) is 10.0. The summed E-state index contributed by atoms with van der Waals surface area (Å²) in [5, 5.41) is 11.6. The number of nitrogens with one attached hydrogen (secondary N) is 1. The van der Waals surface area contributed by atoms with E-state index in [1.165, 1.54) is 16.2 Å². The maximum Gasteiger partial charge on any atom is 0.264 e. The van der Waals surface area contributed by atoms with E-state index in [2.05, 4.69) is 17.2 Å². The highest BCUT2D eigenvalue weighted by molar-refractivity contribution is 7.14. The minimum Gasteiger partial charge on any atom is -0.384 e. The van der Waals surface area contributed by atoms with Crippen molar-refractivity contribution in [3.63, 3.8) is 0 Å². The zero-order valence-corrected chi connectivity index (χ0v) is 12.9. The largest absolute Gasteiger partial charge is 0.384 e. The normalized spacial score (nSPS) is 13.3. The molecule has 0 bridgehead atoms. The van der Waals surface area contributed by atoms with Gasteiger partial charge in [-0.3, -0.25) is 9.59 Å². The molecular formula is C15H18N2O3S. The number of aliphatic hydroxyl groups excluding tert-OH is 1. The van der Waals surface area contributed by atoms with Crippen molar-refractivity contribution in [2.24, 2.45) is 0 Å². The molecule has 6 heteroatoms. The molecule has 2 rings (SSSR count). The lowest BCUT2D eigenvalue weighted by Crippen LogP contribution is -2.38. The first-order valence-corrected chi connectivity index (χ1v) is 7.58. The predicted molar refractivity (Wildman–Crippen MR) is 81.1 cm³/mol. The van der Waals surface area contributed by atoms with Crippen LogP contribution in [0.3, 0.4) is 0 Å². The minimum absolute atomic E-state index is 0.0595. The number of likely N-dealkylation sites (N-methyl/N-ethyl adjacent to an activating group) is 1. The summed E-state index contributed by atoms with van der Waals surface area (Å²) in [5.41, 5.74) is 0.903. The standard InChI is InChI=1S/C15H18N2O3S/c1-10-8-13(21-12(10)4-3-7-18)15(20)17(2)9-14(19)16-11-5-6-11/h8,11,18H,5-7,9H2,1-2H3,(H,16,19). The Hall–Kier alpha value is -1.84. The molecule has 2 amide bonds. The fourth-order valence-electron chi connectivity index (χ4n) is 1.81. The number of rotatable bonds is 4. The van der Waals surface area contributed by atoms with Gasteiger partial charge in [0.25, 0.3) is 5.91 Å². The van der Waals surface area contributed by atoms with Crippen molar-refractivity contribution in [1.29, 1.82) is 0 Å². The van der Waals surface area contributed by atoms with E-state index in [1.54, 1.807) is 13.1 Å². The van der Waals surface area contributed by atoms with Gasteiger partial charge in [-0.15, -0.1) is 11.3 Å². The van der Waals surface area contributed by atoms with Crippen molar-refractivity contribution in [3.05, 3.63) is 21.4 Å². The van der Waals surface area contributed by atoms with E-state index >= 15 is 0 Å². The number of hydrogen-bond donors (Lipinski definition) is 2. The lowest BCUT2D eigenvalue weighted by Gasteiger charge is -2.15. The van der Waals surface area contributed by atoms with Crippen molar-refractivity contribution in [1.82, 2.24) is 10.2 Å². The topological polar surface area (TPSA) is 69.6 Å². The molecule has 0 saturated heterocycles. The van der Waals surface area contributed by atoms with Gasteiger partial charge in [0.2, 0.25) is 5.91 Å². The van der Waals surface area contributed by atoms with E-state index in [1.807, 2.05) is 6.92 Å². The van der Waals surface area contributed by atoms with Gasteiger partial charge in [-0.05, 0) is 31.4 Å². The summed E-state index contributed by atoms with van der Waals surface area (Å²) in [4.78, 5) is 26.7. The average molecular weight is 306 g/mol. The van der Waals surface area contributed by atoms with Gasteiger partial charge in [0.1, 0.15) is 6.61 Å². The molecule has 1 aliphatic carbocycles. The maximum absolute atomic E-state index is 12.3. The molecule has 0 aliphatic heterocycles. The summed E-state index contributed by atoms with van der Waals surface area (Å²) in [6.07, 6.45) is 2.06. The molecule has 112 valence electrons. The van der Waals surface area contributed by atoms with Crippen LogP contribution in [0.1, 0.15) is 33.0 Å². The Balaban J connectivity index is 1.99. The molecule has 0 radical (unpaired) electrons. The van der Waals surface area contributed by atoms with Crippen LogP contribution in [0.2, 0.25) is 0 Å². The molecule has 0 atom stereocenters. The van der Waals surface area contributed by atoms with Crippen LogP contribution in [-0.4, -0.2) is 48.1 Å². The summed E-state index contributed by atoms with van der Waals surface area (Å²) < 4.78 is 0. The van der Waals surface area contributed by atoms with E-state index in [-0.39, 0.29) is 25.0 Å². The van der Waals surface area contributed by atoms with Gasteiger partial charge >= 0.3 is 0 Å². The third-order valence-electron chi connectivity index (χ3n) is 3.08. The third kappa shape index (κ3) is 4.31. The Labute approximate surface area is 128 Å². The Morgan fingerprint density at radius 2 is 2.24 bits per heavy atom. The molecule has 21 heavy (non-hydrogen) atoms. The van der Waals surface area contributed by atoms with Crippen molar-refractivity contribution < 1.29 is 14.7 Å². The molecule has 1 aromatic rings. The number of aryl methyl sites for hydroxylation is 1. The Kier molecular flexibility index (Phi) is 4.99.